The van der Waals surface area contributed by atoms with Gasteiger partial charge in [0.2, 0.25) is 0 Å². The van der Waals surface area contributed by atoms with Crippen LogP contribution in [0.5, 0.6) is 0 Å². The van der Waals surface area contributed by atoms with Crippen molar-refractivity contribution in [3.63, 3.8) is 0 Å². The van der Waals surface area contributed by atoms with E-state index in [9.17, 15) is 0 Å². The minimum Gasteiger partial charge on any atom is -0.383 e. The summed E-state index contributed by atoms with van der Waals surface area (Å²) < 4.78 is 5.41. The Morgan fingerprint density at radius 2 is 1.92 bits per heavy atom. The Morgan fingerprint density at radius 1 is 1.15 bits per heavy atom. The lowest BCUT2D eigenvalue weighted by Crippen LogP contribution is -2.34. The normalized spacial score (nSPS) is 17.1. The van der Waals surface area contributed by atoms with E-state index in [2.05, 4.69) is 18.7 Å². The lowest BCUT2D eigenvalue weighted by Gasteiger charge is -2.27. The first kappa shape index (κ1) is 19.4. The van der Waals surface area contributed by atoms with Gasteiger partial charge in [0.15, 0.2) is 5.82 Å². The van der Waals surface area contributed by atoms with Crippen molar-refractivity contribution in [2.45, 2.75) is 45.6 Å². The molecule has 26 heavy (non-hydrogen) atoms. The second-order valence-corrected chi connectivity index (χ2v) is 7.41. The van der Waals surface area contributed by atoms with E-state index >= 15 is 0 Å². The zero-order valence-electron chi connectivity index (χ0n) is 15.6. The summed E-state index contributed by atoms with van der Waals surface area (Å²) in [6.45, 7) is 5.94. The first-order chi connectivity index (χ1) is 12.6. The number of aromatic nitrogens is 2. The van der Waals surface area contributed by atoms with Gasteiger partial charge in [0.05, 0.1) is 34.8 Å². The number of halogens is 2. The van der Waals surface area contributed by atoms with Gasteiger partial charge in [-0.15, -0.1) is 0 Å². The Kier molecular flexibility index (Phi) is 6.38. The van der Waals surface area contributed by atoms with Gasteiger partial charge < -0.3 is 9.64 Å². The molecule has 0 bridgehead atoms. The first-order valence-corrected chi connectivity index (χ1v) is 9.95. The third-order valence-corrected chi connectivity index (χ3v) is 5.43. The number of benzene rings is 1. The fraction of sp³-hybridized carbons (Fsp3) is 0.500. The monoisotopic (exact) mass is 393 g/mol. The van der Waals surface area contributed by atoms with E-state index in [-0.39, 0.29) is 0 Å². The van der Waals surface area contributed by atoms with E-state index in [1.165, 1.54) is 0 Å². The summed E-state index contributed by atoms with van der Waals surface area (Å²) in [4.78, 5) is 12.4. The molecule has 3 rings (SSSR count). The van der Waals surface area contributed by atoms with Gasteiger partial charge >= 0.3 is 0 Å². The van der Waals surface area contributed by atoms with Crippen LogP contribution in [0.25, 0.3) is 11.3 Å². The number of hydrogen-bond acceptors (Lipinski definition) is 4. The van der Waals surface area contributed by atoms with E-state index in [1.54, 1.807) is 13.2 Å². The molecule has 0 saturated carbocycles. The third kappa shape index (κ3) is 3.83. The summed E-state index contributed by atoms with van der Waals surface area (Å²) >= 11 is 12.5. The lowest BCUT2D eigenvalue weighted by molar-refractivity contribution is 0.180. The SMILES string of the molecule is CCc1nc(N2CCC[C@@H]2COC)c(CC)nc1-c1ccc(Cl)cc1Cl. The fourth-order valence-corrected chi connectivity index (χ4v) is 4.08. The minimum atomic E-state index is 0.370. The molecule has 1 aliphatic rings. The molecule has 0 spiro atoms. The Bertz CT molecular complexity index is 782. The van der Waals surface area contributed by atoms with Crippen LogP contribution in [0.1, 0.15) is 38.1 Å². The Morgan fingerprint density at radius 3 is 2.58 bits per heavy atom. The number of anilines is 1. The average molecular weight is 394 g/mol. The molecule has 1 aromatic heterocycles. The number of aryl methyl sites for hydroxylation is 2. The fourth-order valence-electron chi connectivity index (χ4n) is 3.59. The predicted molar refractivity (Wildman–Crippen MR) is 108 cm³/mol. The topological polar surface area (TPSA) is 38.2 Å². The quantitative estimate of drug-likeness (QED) is 0.676. The molecule has 0 aliphatic carbocycles. The van der Waals surface area contributed by atoms with E-state index < -0.39 is 0 Å². The molecule has 0 N–H and O–H groups in total. The van der Waals surface area contributed by atoms with E-state index in [0.29, 0.717) is 16.1 Å². The van der Waals surface area contributed by atoms with E-state index in [4.69, 9.17) is 37.9 Å². The van der Waals surface area contributed by atoms with Crippen LogP contribution in [0.15, 0.2) is 18.2 Å². The number of rotatable bonds is 6. The maximum atomic E-state index is 6.44. The minimum absolute atomic E-state index is 0.370. The van der Waals surface area contributed by atoms with Crippen molar-refractivity contribution in [3.8, 4) is 11.3 Å². The molecule has 0 unspecified atom stereocenters. The third-order valence-electron chi connectivity index (χ3n) is 4.88. The van der Waals surface area contributed by atoms with Crippen LogP contribution in [0.2, 0.25) is 10.0 Å². The Labute approximate surface area is 165 Å². The van der Waals surface area contributed by atoms with Crippen LogP contribution in [-0.2, 0) is 17.6 Å². The van der Waals surface area contributed by atoms with E-state index in [1.807, 2.05) is 12.1 Å². The molecule has 1 atom stereocenters. The largest absolute Gasteiger partial charge is 0.383 e. The molecule has 2 heterocycles. The van der Waals surface area contributed by atoms with Gasteiger partial charge in [0.1, 0.15) is 0 Å². The van der Waals surface area contributed by atoms with Crippen LogP contribution in [0.4, 0.5) is 5.82 Å². The van der Waals surface area contributed by atoms with Crippen molar-refractivity contribution < 1.29 is 4.74 Å². The molecule has 1 saturated heterocycles. The van der Waals surface area contributed by atoms with Crippen LogP contribution >= 0.6 is 23.2 Å². The van der Waals surface area contributed by atoms with Gasteiger partial charge in [-0.25, -0.2) is 9.97 Å². The predicted octanol–water partition coefficient (Wildman–Crippen LogP) is 5.19. The van der Waals surface area contributed by atoms with Gasteiger partial charge in [-0.05, 0) is 43.9 Å². The van der Waals surface area contributed by atoms with Crippen molar-refractivity contribution in [2.24, 2.45) is 0 Å². The molecule has 1 aliphatic heterocycles. The van der Waals surface area contributed by atoms with Crippen molar-refractivity contribution in [3.05, 3.63) is 39.6 Å². The van der Waals surface area contributed by atoms with Gasteiger partial charge in [-0.1, -0.05) is 37.0 Å². The summed E-state index contributed by atoms with van der Waals surface area (Å²) in [7, 11) is 1.76. The van der Waals surface area contributed by atoms with E-state index in [0.717, 1.165) is 67.3 Å². The van der Waals surface area contributed by atoms with Crippen LogP contribution in [0, 0.1) is 0 Å². The highest BCUT2D eigenvalue weighted by Gasteiger charge is 2.28. The number of hydrogen-bond donors (Lipinski definition) is 0. The summed E-state index contributed by atoms with van der Waals surface area (Å²) in [5.41, 5.74) is 3.71. The molecule has 4 nitrogen and oxygen atoms in total. The van der Waals surface area contributed by atoms with Crippen molar-refractivity contribution in [2.75, 3.05) is 25.2 Å². The van der Waals surface area contributed by atoms with Crippen LogP contribution in [-0.4, -0.2) is 36.3 Å². The van der Waals surface area contributed by atoms with Crippen LogP contribution < -0.4 is 4.90 Å². The highest BCUT2D eigenvalue weighted by molar-refractivity contribution is 6.36. The van der Waals surface area contributed by atoms with Crippen molar-refractivity contribution >= 4 is 29.0 Å². The second kappa shape index (κ2) is 8.55. The molecule has 2 aromatic rings. The van der Waals surface area contributed by atoms with Gasteiger partial charge in [0, 0.05) is 24.2 Å². The lowest BCUT2D eigenvalue weighted by atomic mass is 10.1. The van der Waals surface area contributed by atoms with Crippen LogP contribution in [0.3, 0.4) is 0 Å². The van der Waals surface area contributed by atoms with Gasteiger partial charge in [0.25, 0.3) is 0 Å². The first-order valence-electron chi connectivity index (χ1n) is 9.19. The molecular weight excluding hydrogens is 369 g/mol. The molecule has 0 amide bonds. The highest BCUT2D eigenvalue weighted by Crippen LogP contribution is 2.34. The smallest absolute Gasteiger partial charge is 0.151 e. The molecule has 1 fully saturated rings. The summed E-state index contributed by atoms with van der Waals surface area (Å²) in [6.07, 6.45) is 3.90. The van der Waals surface area contributed by atoms with Crippen molar-refractivity contribution in [1.29, 1.82) is 0 Å². The van der Waals surface area contributed by atoms with Crippen molar-refractivity contribution in [1.82, 2.24) is 9.97 Å². The van der Waals surface area contributed by atoms with Gasteiger partial charge in [-0.3, -0.25) is 0 Å². The molecule has 6 heteroatoms. The maximum absolute atomic E-state index is 6.44. The molecule has 140 valence electrons. The van der Waals surface area contributed by atoms with Gasteiger partial charge in [-0.2, -0.15) is 0 Å². The average Bonchev–Trinajstić information content (AvgIpc) is 3.09. The maximum Gasteiger partial charge on any atom is 0.151 e. The number of methoxy groups -OCH3 is 1. The zero-order valence-corrected chi connectivity index (χ0v) is 17.1. The summed E-state index contributed by atoms with van der Waals surface area (Å²) in [5, 5.41) is 1.23. The number of ether oxygens (including phenoxy) is 1. The molecule has 1 aromatic carbocycles. The summed E-state index contributed by atoms with van der Waals surface area (Å²) in [6, 6.07) is 5.90. The number of nitrogens with zero attached hydrogens (tertiary/aromatic N) is 3. The second-order valence-electron chi connectivity index (χ2n) is 6.57. The standard InChI is InChI=1S/C20H25Cl2N3O/c1-4-17-19(15-9-8-13(21)11-16(15)22)23-18(5-2)20(24-17)25-10-6-7-14(25)12-26-3/h8-9,11,14H,4-7,10,12H2,1-3H3/t14-/m1/s1. The zero-order chi connectivity index (χ0) is 18.7. The Hall–Kier alpha value is -1.36. The molecular formula is C20H25Cl2N3O. The molecule has 0 radical (unpaired) electrons. The Balaban J connectivity index is 2.09. The summed E-state index contributed by atoms with van der Waals surface area (Å²) in [5.74, 6) is 0.998. The highest BCUT2D eigenvalue weighted by atomic mass is 35.5.